The second kappa shape index (κ2) is 6.24. The van der Waals surface area contributed by atoms with Crippen molar-refractivity contribution in [1.82, 2.24) is 0 Å². The summed E-state index contributed by atoms with van der Waals surface area (Å²) in [7, 11) is 0. The third-order valence-corrected chi connectivity index (χ3v) is 4.10. The van der Waals surface area contributed by atoms with Crippen LogP contribution in [0.3, 0.4) is 0 Å². The summed E-state index contributed by atoms with van der Waals surface area (Å²) in [6.07, 6.45) is 5.00. The van der Waals surface area contributed by atoms with Gasteiger partial charge in [-0.15, -0.1) is 0 Å². The van der Waals surface area contributed by atoms with Crippen molar-refractivity contribution in [1.29, 1.82) is 0 Å². The van der Waals surface area contributed by atoms with Crippen LogP contribution in [0, 0.1) is 5.92 Å². The smallest absolute Gasteiger partial charge is 0.0414 e. The topological polar surface area (TPSA) is 29.3 Å². The Morgan fingerprint density at radius 1 is 1.33 bits per heavy atom. The summed E-state index contributed by atoms with van der Waals surface area (Å²) < 4.78 is 0. The van der Waals surface area contributed by atoms with Crippen molar-refractivity contribution in [3.05, 3.63) is 29.8 Å². The summed E-state index contributed by atoms with van der Waals surface area (Å²) in [5, 5.41) is 0. The first-order valence-corrected chi connectivity index (χ1v) is 7.35. The summed E-state index contributed by atoms with van der Waals surface area (Å²) in [6, 6.07) is 8.84. The van der Waals surface area contributed by atoms with E-state index in [9.17, 15) is 0 Å². The molecule has 2 rings (SSSR count). The van der Waals surface area contributed by atoms with Crippen LogP contribution in [0.15, 0.2) is 24.3 Å². The molecule has 1 fully saturated rings. The Bertz CT molecular complexity index is 375. The van der Waals surface area contributed by atoms with Gasteiger partial charge >= 0.3 is 0 Å². The average Bonchev–Trinajstić information content (AvgIpc) is 2.87. The zero-order chi connectivity index (χ0) is 13.0. The Balaban J connectivity index is 2.14. The largest absolute Gasteiger partial charge is 0.371 e. The van der Waals surface area contributed by atoms with Crippen molar-refractivity contribution in [2.45, 2.75) is 45.6 Å². The van der Waals surface area contributed by atoms with Crippen LogP contribution < -0.4 is 10.6 Å². The maximum atomic E-state index is 6.23. The highest BCUT2D eigenvalue weighted by Gasteiger charge is 2.24. The predicted octanol–water partition coefficient (Wildman–Crippen LogP) is 3.72. The molecular formula is C16H26N2. The molecule has 1 aromatic rings. The normalized spacial score (nSPS) is 21.3. The lowest BCUT2D eigenvalue weighted by molar-refractivity contribution is 0.529. The Hall–Kier alpha value is -1.02. The van der Waals surface area contributed by atoms with Gasteiger partial charge in [-0.1, -0.05) is 38.5 Å². The number of anilines is 1. The molecule has 2 nitrogen and oxygen atoms in total. The van der Waals surface area contributed by atoms with Gasteiger partial charge in [-0.3, -0.25) is 0 Å². The van der Waals surface area contributed by atoms with Crippen molar-refractivity contribution in [2.24, 2.45) is 11.7 Å². The molecule has 100 valence electrons. The molecule has 2 N–H and O–H groups in total. The number of nitrogens with two attached hydrogens (primary N) is 1. The highest BCUT2D eigenvalue weighted by atomic mass is 15.2. The molecule has 0 aliphatic carbocycles. The van der Waals surface area contributed by atoms with Crippen molar-refractivity contribution in [3.63, 3.8) is 0 Å². The summed E-state index contributed by atoms with van der Waals surface area (Å²) in [5.74, 6) is 0.876. The first-order chi connectivity index (χ1) is 8.76. The highest BCUT2D eigenvalue weighted by Crippen LogP contribution is 2.32. The zero-order valence-electron chi connectivity index (χ0n) is 11.7. The quantitative estimate of drug-likeness (QED) is 0.858. The number of rotatable bonds is 5. The monoisotopic (exact) mass is 246 g/mol. The van der Waals surface area contributed by atoms with Crippen LogP contribution in [0.25, 0.3) is 0 Å². The molecule has 0 radical (unpaired) electrons. The van der Waals surface area contributed by atoms with Gasteiger partial charge in [-0.05, 0) is 36.8 Å². The third-order valence-electron chi connectivity index (χ3n) is 4.10. The van der Waals surface area contributed by atoms with Gasteiger partial charge in [0.15, 0.2) is 0 Å². The van der Waals surface area contributed by atoms with Gasteiger partial charge < -0.3 is 10.6 Å². The van der Waals surface area contributed by atoms with Crippen LogP contribution in [0.2, 0.25) is 0 Å². The lowest BCUT2D eigenvalue weighted by Gasteiger charge is -2.24. The second-order valence-corrected chi connectivity index (χ2v) is 5.46. The van der Waals surface area contributed by atoms with Gasteiger partial charge in [0.05, 0.1) is 0 Å². The minimum Gasteiger partial charge on any atom is -0.371 e. The number of benzene rings is 1. The Labute approximate surface area is 111 Å². The molecular weight excluding hydrogens is 220 g/mol. The fourth-order valence-electron chi connectivity index (χ4n) is 3.00. The molecule has 1 aliphatic heterocycles. The number of hydrogen-bond donors (Lipinski definition) is 1. The maximum Gasteiger partial charge on any atom is 0.0414 e. The van der Waals surface area contributed by atoms with Gasteiger partial charge in [0.25, 0.3) is 0 Å². The van der Waals surface area contributed by atoms with Crippen LogP contribution in [0.4, 0.5) is 5.69 Å². The number of para-hydroxylation sites is 1. The Morgan fingerprint density at radius 2 is 2.11 bits per heavy atom. The van der Waals surface area contributed by atoms with Gasteiger partial charge in [-0.2, -0.15) is 0 Å². The second-order valence-electron chi connectivity index (χ2n) is 5.46. The van der Waals surface area contributed by atoms with Gasteiger partial charge in [-0.25, -0.2) is 0 Å². The molecule has 1 heterocycles. The molecule has 0 amide bonds. The summed E-state index contributed by atoms with van der Waals surface area (Å²) in [6.45, 7) is 6.84. The predicted molar refractivity (Wildman–Crippen MR) is 78.9 cm³/mol. The first kappa shape index (κ1) is 13.4. The van der Waals surface area contributed by atoms with E-state index < -0.39 is 0 Å². The molecule has 0 saturated carbocycles. The van der Waals surface area contributed by atoms with Crippen LogP contribution in [0.1, 0.15) is 51.1 Å². The molecule has 2 heteroatoms. The van der Waals surface area contributed by atoms with E-state index in [1.54, 1.807) is 0 Å². The molecule has 18 heavy (non-hydrogen) atoms. The van der Waals surface area contributed by atoms with Crippen LogP contribution in [-0.4, -0.2) is 13.1 Å². The molecule has 2 atom stereocenters. The summed E-state index contributed by atoms with van der Waals surface area (Å²) in [5.41, 5.74) is 8.91. The highest BCUT2D eigenvalue weighted by molar-refractivity contribution is 5.55. The van der Waals surface area contributed by atoms with Crippen LogP contribution >= 0.6 is 0 Å². The van der Waals surface area contributed by atoms with E-state index in [1.807, 2.05) is 0 Å². The minimum atomic E-state index is 0.173. The Kier molecular flexibility index (Phi) is 4.65. The van der Waals surface area contributed by atoms with Gasteiger partial charge in [0.2, 0.25) is 0 Å². The standard InChI is InChI=1S/C16H26N2/c1-3-7-13-10-11-18(12-13)16-9-6-5-8-14(16)15(17)4-2/h5-6,8-9,13,15H,3-4,7,10-12,17H2,1-2H3/t13?,15-/m1/s1. The van der Waals surface area contributed by atoms with E-state index in [0.29, 0.717) is 0 Å². The minimum absolute atomic E-state index is 0.173. The fraction of sp³-hybridized carbons (Fsp3) is 0.625. The van der Waals surface area contributed by atoms with Crippen molar-refractivity contribution in [3.8, 4) is 0 Å². The lowest BCUT2D eigenvalue weighted by atomic mass is 10.0. The van der Waals surface area contributed by atoms with Gasteiger partial charge in [0.1, 0.15) is 0 Å². The Morgan fingerprint density at radius 3 is 2.83 bits per heavy atom. The lowest BCUT2D eigenvalue weighted by Crippen LogP contribution is -2.23. The zero-order valence-corrected chi connectivity index (χ0v) is 11.7. The summed E-state index contributed by atoms with van der Waals surface area (Å²) >= 11 is 0. The van der Waals surface area contributed by atoms with Crippen molar-refractivity contribution in [2.75, 3.05) is 18.0 Å². The molecule has 0 aromatic heterocycles. The maximum absolute atomic E-state index is 6.23. The van der Waals surface area contributed by atoms with Crippen molar-refractivity contribution >= 4 is 5.69 Å². The molecule has 1 aliphatic rings. The molecule has 1 aromatic carbocycles. The first-order valence-electron chi connectivity index (χ1n) is 7.35. The molecule has 1 unspecified atom stereocenters. The molecule has 0 bridgehead atoms. The SMILES string of the molecule is CCCC1CCN(c2ccccc2[C@H](N)CC)C1. The number of hydrogen-bond acceptors (Lipinski definition) is 2. The van der Waals surface area contributed by atoms with E-state index in [1.165, 1.54) is 43.6 Å². The van der Waals surface area contributed by atoms with E-state index in [4.69, 9.17) is 5.73 Å². The van der Waals surface area contributed by atoms with E-state index in [2.05, 4.69) is 43.0 Å². The van der Waals surface area contributed by atoms with Crippen LogP contribution in [0.5, 0.6) is 0 Å². The summed E-state index contributed by atoms with van der Waals surface area (Å²) in [4.78, 5) is 2.53. The average molecular weight is 246 g/mol. The third kappa shape index (κ3) is 2.86. The number of nitrogens with zero attached hydrogens (tertiary/aromatic N) is 1. The molecule has 1 saturated heterocycles. The van der Waals surface area contributed by atoms with E-state index in [0.717, 1.165) is 12.3 Å². The fourth-order valence-corrected chi connectivity index (χ4v) is 3.00. The molecule has 0 spiro atoms. The van der Waals surface area contributed by atoms with Gasteiger partial charge in [0, 0.05) is 24.8 Å². The van der Waals surface area contributed by atoms with E-state index >= 15 is 0 Å². The van der Waals surface area contributed by atoms with Crippen molar-refractivity contribution < 1.29 is 0 Å². The van der Waals surface area contributed by atoms with Crippen LogP contribution in [-0.2, 0) is 0 Å². The van der Waals surface area contributed by atoms with E-state index in [-0.39, 0.29) is 6.04 Å².